The number of nitrogens with one attached hydrogen (secondary N) is 2. The molecule has 1 aromatic heterocycles. The van der Waals surface area contributed by atoms with E-state index in [0.717, 1.165) is 32.3 Å². The number of anilines is 1. The summed E-state index contributed by atoms with van der Waals surface area (Å²) in [6, 6.07) is 7.57. The van der Waals surface area contributed by atoms with Gasteiger partial charge < -0.3 is 0 Å². The third-order valence-electron chi connectivity index (χ3n) is 2.72. The lowest BCUT2D eigenvalue weighted by Gasteiger charge is -2.27. The first-order valence-electron chi connectivity index (χ1n) is 6.81. The molecule has 0 aliphatic rings. The standard InChI is InChI=1S/C15H19BrN4O2/c1-10-13(16)14(18-17-10)11-6-5-7-12(8-11)19-20(9-21)22-15(2,3)4/h5-9,19H,1-4H3,(H,17,18). The molecule has 22 heavy (non-hydrogen) atoms. The van der Waals surface area contributed by atoms with Crippen LogP contribution in [0.5, 0.6) is 0 Å². The summed E-state index contributed by atoms with van der Waals surface area (Å²) >= 11 is 3.51. The lowest BCUT2D eigenvalue weighted by Crippen LogP contribution is -2.36. The Hall–Kier alpha value is -1.86. The first kappa shape index (κ1) is 16.5. The Labute approximate surface area is 137 Å². The number of carbonyl (C=O) groups is 1. The number of hydroxylamine groups is 1. The first-order valence-corrected chi connectivity index (χ1v) is 7.60. The molecule has 2 N–H and O–H groups in total. The molecule has 1 heterocycles. The third kappa shape index (κ3) is 4.08. The molecular weight excluding hydrogens is 348 g/mol. The number of H-pyrrole nitrogens is 1. The van der Waals surface area contributed by atoms with Crippen molar-refractivity contribution in [2.75, 3.05) is 5.43 Å². The molecule has 0 bridgehead atoms. The molecule has 1 amide bonds. The van der Waals surface area contributed by atoms with Crippen LogP contribution in [0.4, 0.5) is 5.69 Å². The summed E-state index contributed by atoms with van der Waals surface area (Å²) in [6.07, 6.45) is 0.590. The second kappa shape index (κ2) is 6.50. The summed E-state index contributed by atoms with van der Waals surface area (Å²) in [6.45, 7) is 7.54. The number of aryl methyl sites for hydroxylation is 1. The van der Waals surface area contributed by atoms with Crippen molar-refractivity contribution < 1.29 is 9.63 Å². The van der Waals surface area contributed by atoms with Crippen molar-refractivity contribution in [2.45, 2.75) is 33.3 Å². The Balaban J connectivity index is 2.21. The molecule has 0 spiro atoms. The van der Waals surface area contributed by atoms with E-state index in [4.69, 9.17) is 4.84 Å². The minimum atomic E-state index is -0.478. The van der Waals surface area contributed by atoms with Crippen molar-refractivity contribution in [2.24, 2.45) is 0 Å². The molecule has 0 aliphatic heterocycles. The highest BCUT2D eigenvalue weighted by atomic mass is 79.9. The van der Waals surface area contributed by atoms with Gasteiger partial charge in [-0.3, -0.25) is 15.3 Å². The van der Waals surface area contributed by atoms with Gasteiger partial charge in [0.05, 0.1) is 15.8 Å². The van der Waals surface area contributed by atoms with E-state index in [1.54, 1.807) is 0 Å². The number of hydrogen-bond donors (Lipinski definition) is 2. The van der Waals surface area contributed by atoms with Gasteiger partial charge in [-0.1, -0.05) is 12.1 Å². The fourth-order valence-electron chi connectivity index (χ4n) is 1.84. The molecule has 0 saturated carbocycles. The molecule has 6 nitrogen and oxygen atoms in total. The Kier molecular flexibility index (Phi) is 4.87. The van der Waals surface area contributed by atoms with Gasteiger partial charge in [-0.05, 0) is 55.8 Å². The molecule has 0 aliphatic carbocycles. The van der Waals surface area contributed by atoms with Gasteiger partial charge in [0.15, 0.2) is 0 Å². The molecule has 118 valence electrons. The number of nitrogens with zero attached hydrogens (tertiary/aromatic N) is 2. The zero-order valence-corrected chi connectivity index (χ0v) is 14.6. The van der Waals surface area contributed by atoms with E-state index in [1.165, 1.54) is 0 Å². The van der Waals surface area contributed by atoms with Gasteiger partial charge in [0.1, 0.15) is 5.69 Å². The summed E-state index contributed by atoms with van der Waals surface area (Å²) in [7, 11) is 0. The molecule has 0 atom stereocenters. The molecule has 0 radical (unpaired) electrons. The van der Waals surface area contributed by atoms with Crippen LogP contribution in [0.2, 0.25) is 0 Å². The van der Waals surface area contributed by atoms with Crippen molar-refractivity contribution in [1.29, 1.82) is 0 Å². The average Bonchev–Trinajstić information content (AvgIpc) is 2.77. The number of aromatic amines is 1. The lowest BCUT2D eigenvalue weighted by molar-refractivity contribution is -0.205. The predicted molar refractivity (Wildman–Crippen MR) is 88.8 cm³/mol. The van der Waals surface area contributed by atoms with Crippen molar-refractivity contribution in [3.8, 4) is 11.3 Å². The van der Waals surface area contributed by atoms with Gasteiger partial charge >= 0.3 is 0 Å². The lowest BCUT2D eigenvalue weighted by atomic mass is 10.1. The highest BCUT2D eigenvalue weighted by molar-refractivity contribution is 9.10. The molecule has 0 unspecified atom stereocenters. The average molecular weight is 367 g/mol. The van der Waals surface area contributed by atoms with Crippen LogP contribution in [0, 0.1) is 6.92 Å². The number of hydrazine groups is 1. The van der Waals surface area contributed by atoms with E-state index in [2.05, 4.69) is 31.6 Å². The van der Waals surface area contributed by atoms with E-state index in [9.17, 15) is 4.79 Å². The maximum absolute atomic E-state index is 11.1. The second-order valence-corrected chi connectivity index (χ2v) is 6.63. The van der Waals surface area contributed by atoms with Crippen LogP contribution in [-0.2, 0) is 9.63 Å². The summed E-state index contributed by atoms with van der Waals surface area (Å²) in [5, 5.41) is 8.26. The number of aromatic nitrogens is 2. The molecule has 0 saturated heterocycles. The Morgan fingerprint density at radius 1 is 1.41 bits per heavy atom. The Morgan fingerprint density at radius 3 is 2.68 bits per heavy atom. The normalized spacial score (nSPS) is 11.3. The predicted octanol–water partition coefficient (Wildman–Crippen LogP) is 3.66. The Bertz CT molecular complexity index is 664. The zero-order chi connectivity index (χ0) is 16.3. The van der Waals surface area contributed by atoms with Crippen molar-refractivity contribution in [1.82, 2.24) is 15.4 Å². The monoisotopic (exact) mass is 366 g/mol. The summed E-state index contributed by atoms with van der Waals surface area (Å²) in [5.41, 5.74) is 5.85. The molecule has 2 rings (SSSR count). The van der Waals surface area contributed by atoms with Crippen LogP contribution in [0.1, 0.15) is 26.5 Å². The quantitative estimate of drug-likeness (QED) is 0.625. The maximum Gasteiger partial charge on any atom is 0.254 e. The minimum absolute atomic E-state index is 0.478. The number of rotatable bonds is 5. The number of carbonyl (C=O) groups excluding carboxylic acids is 1. The summed E-state index contributed by atoms with van der Waals surface area (Å²) in [4.78, 5) is 16.6. The van der Waals surface area contributed by atoms with Gasteiger partial charge in [-0.15, -0.1) is 5.17 Å². The van der Waals surface area contributed by atoms with E-state index in [1.807, 2.05) is 52.0 Å². The topological polar surface area (TPSA) is 70.2 Å². The van der Waals surface area contributed by atoms with Crippen LogP contribution >= 0.6 is 15.9 Å². The van der Waals surface area contributed by atoms with Gasteiger partial charge in [-0.25, -0.2) is 4.84 Å². The smallest absolute Gasteiger partial charge is 0.254 e. The largest absolute Gasteiger partial charge is 0.281 e. The Morgan fingerprint density at radius 2 is 2.14 bits per heavy atom. The fourth-order valence-corrected chi connectivity index (χ4v) is 2.24. The van der Waals surface area contributed by atoms with Crippen LogP contribution < -0.4 is 5.43 Å². The van der Waals surface area contributed by atoms with E-state index < -0.39 is 5.60 Å². The van der Waals surface area contributed by atoms with Crippen molar-refractivity contribution in [3.63, 3.8) is 0 Å². The molecular formula is C15H19BrN4O2. The molecule has 0 fully saturated rings. The van der Waals surface area contributed by atoms with E-state index in [-0.39, 0.29) is 0 Å². The van der Waals surface area contributed by atoms with Crippen LogP contribution in [0.15, 0.2) is 28.7 Å². The molecule has 1 aromatic carbocycles. The summed E-state index contributed by atoms with van der Waals surface area (Å²) in [5.74, 6) is 0. The van der Waals surface area contributed by atoms with Gasteiger partial charge in [0.2, 0.25) is 0 Å². The van der Waals surface area contributed by atoms with Gasteiger partial charge in [0, 0.05) is 11.3 Å². The molecule has 2 aromatic rings. The molecule has 7 heteroatoms. The fraction of sp³-hybridized carbons (Fsp3) is 0.333. The number of halogens is 1. The second-order valence-electron chi connectivity index (χ2n) is 5.84. The first-order chi connectivity index (χ1) is 10.3. The number of benzene rings is 1. The van der Waals surface area contributed by atoms with Crippen LogP contribution in [0.3, 0.4) is 0 Å². The number of hydrogen-bond acceptors (Lipinski definition) is 4. The minimum Gasteiger partial charge on any atom is -0.281 e. The summed E-state index contributed by atoms with van der Waals surface area (Å²) < 4.78 is 0.919. The SMILES string of the molecule is Cc1[nH]nc(-c2cccc(NN(C=O)OC(C)(C)C)c2)c1Br. The number of amides is 1. The van der Waals surface area contributed by atoms with Crippen LogP contribution in [0.25, 0.3) is 11.3 Å². The highest BCUT2D eigenvalue weighted by Crippen LogP contribution is 2.30. The van der Waals surface area contributed by atoms with E-state index >= 15 is 0 Å². The third-order valence-corrected chi connectivity index (χ3v) is 3.69. The van der Waals surface area contributed by atoms with Gasteiger partial charge in [-0.2, -0.15) is 5.10 Å². The van der Waals surface area contributed by atoms with E-state index in [0.29, 0.717) is 6.41 Å². The van der Waals surface area contributed by atoms with Crippen molar-refractivity contribution in [3.05, 3.63) is 34.4 Å². The zero-order valence-electron chi connectivity index (χ0n) is 13.0. The van der Waals surface area contributed by atoms with Crippen LogP contribution in [-0.4, -0.2) is 27.4 Å². The maximum atomic E-state index is 11.1. The highest BCUT2D eigenvalue weighted by Gasteiger charge is 2.16. The van der Waals surface area contributed by atoms with Gasteiger partial charge in [0.25, 0.3) is 6.41 Å². The van der Waals surface area contributed by atoms with Crippen molar-refractivity contribution >= 4 is 28.0 Å².